The Kier molecular flexibility index (Phi) is 5.13. The Labute approximate surface area is 138 Å². The van der Waals surface area contributed by atoms with Crippen LogP contribution >= 0.6 is 0 Å². The molecular weight excluding hydrogens is 288 g/mol. The minimum absolute atomic E-state index is 0.188. The van der Waals surface area contributed by atoms with Crippen molar-refractivity contribution in [2.75, 3.05) is 18.0 Å². The molecule has 23 heavy (non-hydrogen) atoms. The zero-order valence-electron chi connectivity index (χ0n) is 14.3. The van der Waals surface area contributed by atoms with Gasteiger partial charge in [0.1, 0.15) is 12.1 Å². The molecule has 1 aliphatic heterocycles. The average Bonchev–Trinajstić information content (AvgIpc) is 2.45. The summed E-state index contributed by atoms with van der Waals surface area (Å²) in [5.74, 6) is 2.40. The highest BCUT2D eigenvalue weighted by atomic mass is 16.1. The molecule has 1 N–H and O–H groups in total. The van der Waals surface area contributed by atoms with Gasteiger partial charge in [-0.3, -0.25) is 4.79 Å². The first-order valence-corrected chi connectivity index (χ1v) is 8.98. The maximum atomic E-state index is 11.9. The fourth-order valence-corrected chi connectivity index (χ4v) is 3.47. The van der Waals surface area contributed by atoms with Crippen molar-refractivity contribution in [3.05, 3.63) is 18.1 Å². The highest BCUT2D eigenvalue weighted by Crippen LogP contribution is 2.36. The summed E-state index contributed by atoms with van der Waals surface area (Å²) in [5.41, 5.74) is 1.21. The number of amides is 1. The van der Waals surface area contributed by atoms with Gasteiger partial charge in [-0.25, -0.2) is 9.97 Å². The average molecular weight is 316 g/mol. The molecule has 0 spiro atoms. The molecule has 0 radical (unpaired) electrons. The van der Waals surface area contributed by atoms with E-state index in [-0.39, 0.29) is 11.9 Å². The number of nitrogens with zero attached hydrogens (tertiary/aromatic N) is 3. The van der Waals surface area contributed by atoms with Gasteiger partial charge in [-0.1, -0.05) is 6.42 Å². The molecule has 0 atom stereocenters. The van der Waals surface area contributed by atoms with Crippen molar-refractivity contribution in [3.8, 4) is 0 Å². The Morgan fingerprint density at radius 2 is 2.00 bits per heavy atom. The third-order valence-corrected chi connectivity index (χ3v) is 5.06. The molecule has 5 nitrogen and oxygen atoms in total. The fraction of sp³-hybridized carbons (Fsp3) is 0.722. The smallest absolute Gasteiger partial charge is 0.220 e. The maximum absolute atomic E-state index is 11.9. The number of aromatic nitrogens is 2. The summed E-state index contributed by atoms with van der Waals surface area (Å²) in [5, 5.41) is 2.99. The Balaban J connectivity index is 1.51. The largest absolute Gasteiger partial charge is 0.356 e. The van der Waals surface area contributed by atoms with Crippen LogP contribution in [-0.2, 0) is 4.79 Å². The Hall–Kier alpha value is -1.65. The molecule has 1 amide bonds. The van der Waals surface area contributed by atoms with E-state index in [1.165, 1.54) is 25.0 Å². The van der Waals surface area contributed by atoms with Gasteiger partial charge in [0.25, 0.3) is 0 Å². The van der Waals surface area contributed by atoms with Crippen LogP contribution in [0, 0.1) is 5.92 Å². The second-order valence-electron chi connectivity index (χ2n) is 7.29. The van der Waals surface area contributed by atoms with Crippen LogP contribution in [0.4, 0.5) is 5.82 Å². The maximum Gasteiger partial charge on any atom is 0.220 e. The lowest BCUT2D eigenvalue weighted by Gasteiger charge is -2.33. The summed E-state index contributed by atoms with van der Waals surface area (Å²) in [6.45, 7) is 5.99. The molecule has 1 aliphatic carbocycles. The van der Waals surface area contributed by atoms with E-state index in [0.717, 1.165) is 31.7 Å². The predicted octanol–water partition coefficient (Wildman–Crippen LogP) is 2.88. The zero-order valence-corrected chi connectivity index (χ0v) is 14.3. The third-order valence-electron chi connectivity index (χ3n) is 5.06. The lowest BCUT2D eigenvalue weighted by molar-refractivity contribution is -0.122. The van der Waals surface area contributed by atoms with Crippen LogP contribution in [0.3, 0.4) is 0 Å². The van der Waals surface area contributed by atoms with Gasteiger partial charge in [-0.15, -0.1) is 0 Å². The van der Waals surface area contributed by atoms with Gasteiger partial charge in [0.2, 0.25) is 5.91 Å². The molecule has 1 aromatic heterocycles. The number of carbonyl (C=O) groups excluding carboxylic acids is 1. The van der Waals surface area contributed by atoms with E-state index in [1.807, 2.05) is 13.8 Å². The molecular formula is C18H28N4O. The summed E-state index contributed by atoms with van der Waals surface area (Å²) in [6.07, 6.45) is 8.36. The summed E-state index contributed by atoms with van der Waals surface area (Å²) in [7, 11) is 0. The molecule has 0 aromatic carbocycles. The Bertz CT molecular complexity index is 534. The van der Waals surface area contributed by atoms with Gasteiger partial charge in [-0.2, -0.15) is 0 Å². The highest BCUT2D eigenvalue weighted by Gasteiger charge is 2.25. The van der Waals surface area contributed by atoms with Crippen molar-refractivity contribution >= 4 is 11.7 Å². The normalized spacial score (nSPS) is 19.7. The molecule has 126 valence electrons. The van der Waals surface area contributed by atoms with Gasteiger partial charge < -0.3 is 10.2 Å². The molecule has 5 heteroatoms. The lowest BCUT2D eigenvalue weighted by atomic mass is 9.83. The van der Waals surface area contributed by atoms with Gasteiger partial charge >= 0.3 is 0 Å². The first-order valence-electron chi connectivity index (χ1n) is 8.98. The van der Waals surface area contributed by atoms with Crippen molar-refractivity contribution in [1.29, 1.82) is 0 Å². The predicted molar refractivity (Wildman–Crippen MR) is 91.5 cm³/mol. The third kappa shape index (κ3) is 4.21. The second kappa shape index (κ2) is 7.28. The molecule has 0 bridgehead atoms. The summed E-state index contributed by atoms with van der Waals surface area (Å²) in [6, 6.07) is 2.41. The van der Waals surface area contributed by atoms with Crippen LogP contribution in [0.25, 0.3) is 0 Å². The standard InChI is InChI=1S/C18H28N4O/c1-13(2)21-18(23)10-14-6-8-22(9-7-14)17-11-16(19-12-20-17)15-4-3-5-15/h11-15H,3-10H2,1-2H3,(H,21,23). The van der Waals surface area contributed by atoms with E-state index in [4.69, 9.17) is 0 Å². The lowest BCUT2D eigenvalue weighted by Crippen LogP contribution is -2.37. The zero-order chi connectivity index (χ0) is 16.2. The topological polar surface area (TPSA) is 58.1 Å². The number of nitrogens with one attached hydrogen (secondary N) is 1. The fourth-order valence-electron chi connectivity index (χ4n) is 3.47. The molecule has 2 fully saturated rings. The van der Waals surface area contributed by atoms with Crippen molar-refractivity contribution < 1.29 is 4.79 Å². The Morgan fingerprint density at radius 3 is 2.61 bits per heavy atom. The van der Waals surface area contributed by atoms with Crippen LogP contribution in [0.1, 0.15) is 64.0 Å². The van der Waals surface area contributed by atoms with Gasteiger partial charge in [-0.05, 0) is 45.4 Å². The van der Waals surface area contributed by atoms with Crippen molar-refractivity contribution in [1.82, 2.24) is 15.3 Å². The van der Waals surface area contributed by atoms with Gasteiger partial charge in [0.15, 0.2) is 0 Å². The quantitative estimate of drug-likeness (QED) is 0.907. The van der Waals surface area contributed by atoms with Crippen LogP contribution in [0.15, 0.2) is 12.4 Å². The van der Waals surface area contributed by atoms with Crippen LogP contribution in [0.5, 0.6) is 0 Å². The SMILES string of the molecule is CC(C)NC(=O)CC1CCN(c2cc(C3CCC3)ncn2)CC1. The van der Waals surface area contributed by atoms with E-state index in [9.17, 15) is 4.79 Å². The first kappa shape index (κ1) is 16.2. The summed E-state index contributed by atoms with van der Waals surface area (Å²) >= 11 is 0. The van der Waals surface area contributed by atoms with Gasteiger partial charge in [0, 0.05) is 43.2 Å². The molecule has 3 rings (SSSR count). The van der Waals surface area contributed by atoms with E-state index >= 15 is 0 Å². The molecule has 0 unspecified atom stereocenters. The summed E-state index contributed by atoms with van der Waals surface area (Å²) < 4.78 is 0. The number of piperidine rings is 1. The first-order chi connectivity index (χ1) is 11.1. The number of carbonyl (C=O) groups is 1. The monoisotopic (exact) mass is 316 g/mol. The van der Waals surface area contributed by atoms with Crippen molar-refractivity contribution in [3.63, 3.8) is 0 Å². The minimum atomic E-state index is 0.188. The van der Waals surface area contributed by atoms with E-state index in [2.05, 4.69) is 26.3 Å². The number of hydrogen-bond donors (Lipinski definition) is 1. The second-order valence-corrected chi connectivity index (χ2v) is 7.29. The van der Waals surface area contributed by atoms with E-state index in [1.54, 1.807) is 6.33 Å². The number of rotatable bonds is 5. The number of hydrogen-bond acceptors (Lipinski definition) is 4. The Morgan fingerprint density at radius 1 is 1.26 bits per heavy atom. The van der Waals surface area contributed by atoms with E-state index in [0.29, 0.717) is 18.3 Å². The van der Waals surface area contributed by atoms with Crippen LogP contribution < -0.4 is 10.2 Å². The molecule has 1 saturated carbocycles. The van der Waals surface area contributed by atoms with Crippen molar-refractivity contribution in [2.24, 2.45) is 5.92 Å². The summed E-state index contributed by atoms with van der Waals surface area (Å²) in [4.78, 5) is 23.1. The van der Waals surface area contributed by atoms with Crippen LogP contribution in [0.2, 0.25) is 0 Å². The van der Waals surface area contributed by atoms with Gasteiger partial charge in [0.05, 0.1) is 0 Å². The van der Waals surface area contributed by atoms with Crippen LogP contribution in [-0.4, -0.2) is 35.0 Å². The minimum Gasteiger partial charge on any atom is -0.356 e. The van der Waals surface area contributed by atoms with E-state index < -0.39 is 0 Å². The molecule has 2 heterocycles. The number of anilines is 1. The highest BCUT2D eigenvalue weighted by molar-refractivity contribution is 5.76. The molecule has 2 aliphatic rings. The molecule has 1 aromatic rings. The molecule has 1 saturated heterocycles. The van der Waals surface area contributed by atoms with Crippen molar-refractivity contribution in [2.45, 2.75) is 64.3 Å².